The van der Waals surface area contributed by atoms with Gasteiger partial charge in [0.25, 0.3) is 5.56 Å². The first-order valence-corrected chi connectivity index (χ1v) is 11.8. The number of hydrogen-bond acceptors (Lipinski definition) is 5. The fourth-order valence-corrected chi connectivity index (χ4v) is 4.95. The first kappa shape index (κ1) is 22.3. The van der Waals surface area contributed by atoms with Gasteiger partial charge in [-0.1, -0.05) is 47.0 Å². The minimum absolute atomic E-state index is 0.0102. The number of nitrogens with one attached hydrogen (secondary N) is 1. The van der Waals surface area contributed by atoms with Gasteiger partial charge in [-0.25, -0.2) is 4.98 Å². The Labute approximate surface area is 183 Å². The second-order valence-corrected chi connectivity index (χ2v) is 9.74. The van der Waals surface area contributed by atoms with Crippen LogP contribution in [-0.4, -0.2) is 41.0 Å². The summed E-state index contributed by atoms with van der Waals surface area (Å²) in [6, 6.07) is 5.46. The van der Waals surface area contributed by atoms with Crippen LogP contribution in [0.4, 0.5) is 0 Å². The summed E-state index contributed by atoms with van der Waals surface area (Å²) in [4.78, 5) is 30.3. The third-order valence-electron chi connectivity index (χ3n) is 5.34. The molecule has 0 spiro atoms. The lowest BCUT2D eigenvalue weighted by molar-refractivity contribution is -0.120. The Morgan fingerprint density at radius 1 is 1.38 bits per heavy atom. The second kappa shape index (κ2) is 10.6. The van der Waals surface area contributed by atoms with Crippen molar-refractivity contribution in [1.29, 1.82) is 0 Å². The molecule has 1 heterocycles. The van der Waals surface area contributed by atoms with Gasteiger partial charge in [0.15, 0.2) is 5.16 Å². The predicted molar refractivity (Wildman–Crippen MR) is 120 cm³/mol. The third kappa shape index (κ3) is 5.83. The predicted octanol–water partition coefficient (Wildman–Crippen LogP) is 3.98. The minimum Gasteiger partial charge on any atom is -0.383 e. The molecule has 1 amide bonds. The monoisotopic (exact) mass is 481 g/mol. The molecule has 1 atom stereocenters. The van der Waals surface area contributed by atoms with Gasteiger partial charge in [-0.15, -0.1) is 0 Å². The van der Waals surface area contributed by atoms with Gasteiger partial charge in [-0.3, -0.25) is 14.2 Å². The third-order valence-corrected chi connectivity index (χ3v) is 6.92. The average Bonchev–Trinajstić information content (AvgIpc) is 2.73. The number of halogens is 1. The first-order valence-electron chi connectivity index (χ1n) is 10.1. The molecule has 1 aliphatic carbocycles. The number of ether oxygens (including phenoxy) is 1. The second-order valence-electron chi connectivity index (χ2n) is 7.51. The summed E-state index contributed by atoms with van der Waals surface area (Å²) in [6.07, 6.45) is 6.21. The van der Waals surface area contributed by atoms with Crippen molar-refractivity contribution < 1.29 is 9.53 Å². The molecule has 0 radical (unpaired) electrons. The van der Waals surface area contributed by atoms with Crippen LogP contribution in [0.25, 0.3) is 10.9 Å². The highest BCUT2D eigenvalue weighted by molar-refractivity contribution is 9.10. The van der Waals surface area contributed by atoms with Crippen molar-refractivity contribution in [1.82, 2.24) is 14.9 Å². The van der Waals surface area contributed by atoms with Crippen LogP contribution in [0.1, 0.15) is 39.0 Å². The van der Waals surface area contributed by atoms with E-state index in [1.54, 1.807) is 17.7 Å². The standard InChI is InChI=1S/C21H28BrN3O3S/c1-14(19(26)23-13-15-6-4-3-5-7-15)29-21-24-18-9-8-16(22)12-17(18)20(27)25(21)10-11-28-2/h8-9,12,14-15H,3-7,10-11,13H2,1-2H3,(H,23,26). The molecular weight excluding hydrogens is 454 g/mol. The summed E-state index contributed by atoms with van der Waals surface area (Å²) in [5, 5.41) is 3.84. The minimum atomic E-state index is -0.341. The van der Waals surface area contributed by atoms with Crippen molar-refractivity contribution in [2.75, 3.05) is 20.3 Å². The lowest BCUT2D eigenvalue weighted by Gasteiger charge is -2.22. The lowest BCUT2D eigenvalue weighted by atomic mass is 9.89. The Morgan fingerprint density at radius 3 is 2.86 bits per heavy atom. The number of carbonyl (C=O) groups excluding carboxylic acids is 1. The van der Waals surface area contributed by atoms with Crippen LogP contribution in [0.5, 0.6) is 0 Å². The SMILES string of the molecule is COCCn1c(SC(C)C(=O)NCC2CCCCC2)nc2ccc(Br)cc2c1=O. The van der Waals surface area contributed by atoms with E-state index in [1.807, 2.05) is 19.1 Å². The van der Waals surface area contributed by atoms with E-state index in [9.17, 15) is 9.59 Å². The van der Waals surface area contributed by atoms with Crippen molar-refractivity contribution in [3.63, 3.8) is 0 Å². The van der Waals surface area contributed by atoms with Crippen LogP contribution in [0.3, 0.4) is 0 Å². The molecule has 0 aliphatic heterocycles. The van der Waals surface area contributed by atoms with Crippen LogP contribution in [-0.2, 0) is 16.1 Å². The summed E-state index contributed by atoms with van der Waals surface area (Å²) >= 11 is 4.73. The normalized spacial score (nSPS) is 16.1. The molecule has 1 saturated carbocycles. The van der Waals surface area contributed by atoms with Gasteiger partial charge in [0.05, 0.1) is 29.3 Å². The number of rotatable bonds is 8. The molecule has 2 aromatic rings. The van der Waals surface area contributed by atoms with Gasteiger partial charge in [0.2, 0.25) is 5.91 Å². The molecule has 0 bridgehead atoms. The highest BCUT2D eigenvalue weighted by Crippen LogP contribution is 2.25. The van der Waals surface area contributed by atoms with Crippen molar-refractivity contribution in [3.8, 4) is 0 Å². The van der Waals surface area contributed by atoms with E-state index < -0.39 is 0 Å². The molecule has 1 aromatic heterocycles. The summed E-state index contributed by atoms with van der Waals surface area (Å²) in [6.45, 7) is 3.39. The molecule has 0 saturated heterocycles. The fourth-order valence-electron chi connectivity index (χ4n) is 3.63. The number of carbonyl (C=O) groups is 1. The Morgan fingerprint density at radius 2 is 2.14 bits per heavy atom. The van der Waals surface area contributed by atoms with Crippen molar-refractivity contribution in [2.45, 2.75) is 56.0 Å². The molecule has 1 aliphatic rings. The maximum Gasteiger partial charge on any atom is 0.262 e. The number of hydrogen-bond donors (Lipinski definition) is 1. The highest BCUT2D eigenvalue weighted by atomic mass is 79.9. The summed E-state index contributed by atoms with van der Waals surface area (Å²) in [5.41, 5.74) is 0.509. The quantitative estimate of drug-likeness (QED) is 0.455. The fraction of sp³-hybridized carbons (Fsp3) is 0.571. The van der Waals surface area contributed by atoms with Crippen LogP contribution >= 0.6 is 27.7 Å². The summed E-state index contributed by atoms with van der Waals surface area (Å²) < 4.78 is 7.60. The van der Waals surface area contributed by atoms with Crippen LogP contribution < -0.4 is 10.9 Å². The van der Waals surface area contributed by atoms with E-state index in [2.05, 4.69) is 26.2 Å². The zero-order chi connectivity index (χ0) is 20.8. The number of methoxy groups -OCH3 is 1. The Bertz CT molecular complexity index is 912. The molecule has 6 nitrogen and oxygen atoms in total. The molecule has 8 heteroatoms. The zero-order valence-corrected chi connectivity index (χ0v) is 19.4. The number of nitrogens with zero attached hydrogens (tertiary/aromatic N) is 2. The number of benzene rings is 1. The number of aromatic nitrogens is 2. The number of fused-ring (bicyclic) bond motifs is 1. The first-order chi connectivity index (χ1) is 14.0. The molecule has 29 heavy (non-hydrogen) atoms. The van der Waals surface area contributed by atoms with Gasteiger partial charge in [-0.05, 0) is 43.9 Å². The maximum absolute atomic E-state index is 13.0. The number of thioether (sulfide) groups is 1. The Kier molecular flexibility index (Phi) is 8.15. The van der Waals surface area contributed by atoms with E-state index in [4.69, 9.17) is 4.74 Å². The molecule has 3 rings (SSSR count). The zero-order valence-electron chi connectivity index (χ0n) is 16.9. The van der Waals surface area contributed by atoms with Crippen molar-refractivity contribution in [2.24, 2.45) is 5.92 Å². The summed E-state index contributed by atoms with van der Waals surface area (Å²) in [5.74, 6) is 0.575. The number of amides is 1. The highest BCUT2D eigenvalue weighted by Gasteiger charge is 2.21. The Hall–Kier alpha value is -1.38. The molecule has 1 N–H and O–H groups in total. The van der Waals surface area contributed by atoms with Gasteiger partial charge in [-0.2, -0.15) is 0 Å². The van der Waals surface area contributed by atoms with Crippen molar-refractivity contribution in [3.05, 3.63) is 33.0 Å². The van der Waals surface area contributed by atoms with E-state index in [0.717, 1.165) is 11.0 Å². The van der Waals surface area contributed by atoms with Gasteiger partial charge in [0.1, 0.15) is 0 Å². The molecule has 1 unspecified atom stereocenters. The van der Waals surface area contributed by atoms with Crippen LogP contribution in [0, 0.1) is 5.92 Å². The maximum atomic E-state index is 13.0. The van der Waals surface area contributed by atoms with E-state index in [0.29, 0.717) is 35.1 Å². The molecule has 1 fully saturated rings. The molecular formula is C21H28BrN3O3S. The van der Waals surface area contributed by atoms with Gasteiger partial charge < -0.3 is 10.1 Å². The molecule has 1 aromatic carbocycles. The van der Waals surface area contributed by atoms with Crippen LogP contribution in [0.2, 0.25) is 0 Å². The van der Waals surface area contributed by atoms with E-state index >= 15 is 0 Å². The van der Waals surface area contributed by atoms with E-state index in [1.165, 1.54) is 43.9 Å². The Balaban J connectivity index is 1.77. The van der Waals surface area contributed by atoms with E-state index in [-0.39, 0.29) is 16.7 Å². The topological polar surface area (TPSA) is 73.2 Å². The lowest BCUT2D eigenvalue weighted by Crippen LogP contribution is -2.36. The van der Waals surface area contributed by atoms with Crippen molar-refractivity contribution >= 4 is 44.5 Å². The average molecular weight is 482 g/mol. The smallest absolute Gasteiger partial charge is 0.262 e. The summed E-state index contributed by atoms with van der Waals surface area (Å²) in [7, 11) is 1.60. The van der Waals surface area contributed by atoms with Gasteiger partial charge in [0, 0.05) is 18.1 Å². The van der Waals surface area contributed by atoms with Crippen LogP contribution in [0.15, 0.2) is 32.6 Å². The molecule has 158 valence electrons. The van der Waals surface area contributed by atoms with Gasteiger partial charge >= 0.3 is 0 Å². The largest absolute Gasteiger partial charge is 0.383 e.